The Balaban J connectivity index is 1.32. The number of nitrogens with one attached hydrogen (secondary N) is 3. The number of nitrogens with zero attached hydrogens (tertiary/aromatic N) is 5. The number of rotatable bonds is 5. The van der Waals surface area contributed by atoms with Crippen LogP contribution in [0.3, 0.4) is 0 Å². The number of halogens is 2. The maximum Gasteiger partial charge on any atom is 0.251 e. The van der Waals surface area contributed by atoms with Crippen molar-refractivity contribution in [2.45, 2.75) is 12.3 Å². The predicted octanol–water partition coefficient (Wildman–Crippen LogP) is 3.88. The van der Waals surface area contributed by atoms with Crippen molar-refractivity contribution in [3.63, 3.8) is 0 Å². The third-order valence-corrected chi connectivity index (χ3v) is 6.19. The summed E-state index contributed by atoms with van der Waals surface area (Å²) >= 11 is 12.2. The van der Waals surface area contributed by atoms with Gasteiger partial charge in [-0.2, -0.15) is 0 Å². The lowest BCUT2D eigenvalue weighted by Gasteiger charge is -2.20. The highest BCUT2D eigenvalue weighted by Crippen LogP contribution is 2.30. The number of hydrogen-bond acceptors (Lipinski definition) is 8. The van der Waals surface area contributed by atoms with Crippen LogP contribution in [0.4, 0.5) is 5.82 Å². The molecule has 6 aromatic rings. The highest BCUT2D eigenvalue weighted by atomic mass is 35.5. The molecule has 0 bridgehead atoms. The zero-order valence-electron chi connectivity index (χ0n) is 17.8. The number of imidazole rings is 1. The predicted molar refractivity (Wildman–Crippen MR) is 132 cm³/mol. The average Bonchev–Trinajstić information content (AvgIpc) is 3.47. The van der Waals surface area contributed by atoms with Crippen molar-refractivity contribution in [2.75, 3.05) is 5.32 Å². The van der Waals surface area contributed by atoms with Crippen LogP contribution in [-0.4, -0.2) is 45.1 Å². The number of aliphatic hydroxyl groups is 2. The summed E-state index contributed by atoms with van der Waals surface area (Å²) in [5, 5.41) is 27.7. The van der Waals surface area contributed by atoms with E-state index in [2.05, 4.69) is 40.2 Å². The molecule has 0 fully saturated rings. The normalized spacial score (nSPS) is 12.1. The van der Waals surface area contributed by atoms with Crippen LogP contribution in [0.25, 0.3) is 33.1 Å². The van der Waals surface area contributed by atoms with Crippen LogP contribution in [0.2, 0.25) is 10.0 Å². The Bertz CT molecular complexity index is 1730. The first-order valence-corrected chi connectivity index (χ1v) is 11.2. The Hall–Kier alpha value is -3.83. The van der Waals surface area contributed by atoms with Gasteiger partial charge in [0.05, 0.1) is 15.6 Å². The van der Waals surface area contributed by atoms with Crippen molar-refractivity contribution in [1.82, 2.24) is 34.9 Å². The van der Waals surface area contributed by atoms with E-state index in [9.17, 15) is 10.2 Å². The van der Waals surface area contributed by atoms with E-state index in [4.69, 9.17) is 23.2 Å². The number of aromatic nitrogens is 7. The lowest BCUT2D eigenvalue weighted by molar-refractivity contribution is -0.137. The van der Waals surface area contributed by atoms with Crippen LogP contribution in [0, 0.1) is 0 Å². The maximum absolute atomic E-state index is 11.0. The summed E-state index contributed by atoms with van der Waals surface area (Å²) in [5.74, 6) is -2.08. The largest absolute Gasteiger partial charge is 0.364 e. The zero-order valence-corrected chi connectivity index (χ0v) is 19.3. The molecule has 0 aliphatic carbocycles. The van der Waals surface area contributed by atoms with E-state index in [1.165, 1.54) is 12.5 Å². The van der Waals surface area contributed by atoms with Gasteiger partial charge in [0.2, 0.25) is 0 Å². The van der Waals surface area contributed by atoms with Crippen LogP contribution in [0.5, 0.6) is 0 Å². The first-order valence-electron chi connectivity index (χ1n) is 10.5. The molecule has 5 heterocycles. The number of benzene rings is 1. The molecule has 0 unspecified atom stereocenters. The van der Waals surface area contributed by atoms with Gasteiger partial charge in [-0.3, -0.25) is 4.98 Å². The fraction of sp³-hybridized carbons (Fsp3) is 0.0870. The van der Waals surface area contributed by atoms with Crippen LogP contribution in [0.15, 0.2) is 55.2 Å². The molecular formula is C23H16Cl2N8O2. The molecule has 0 spiro atoms. The molecule has 6 rings (SSSR count). The Labute approximate surface area is 207 Å². The Kier molecular flexibility index (Phi) is 5.04. The fourth-order valence-electron chi connectivity index (χ4n) is 3.88. The van der Waals surface area contributed by atoms with Crippen molar-refractivity contribution in [2.24, 2.45) is 0 Å². The van der Waals surface area contributed by atoms with Gasteiger partial charge in [0.1, 0.15) is 17.5 Å². The van der Waals surface area contributed by atoms with Gasteiger partial charge in [-0.1, -0.05) is 29.3 Å². The van der Waals surface area contributed by atoms with E-state index in [1.807, 2.05) is 6.07 Å². The number of anilines is 1. The Morgan fingerprint density at radius 3 is 2.77 bits per heavy atom. The van der Waals surface area contributed by atoms with Crippen molar-refractivity contribution in [3.05, 3.63) is 82.2 Å². The van der Waals surface area contributed by atoms with Crippen molar-refractivity contribution in [3.8, 4) is 0 Å². The summed E-state index contributed by atoms with van der Waals surface area (Å²) in [7, 11) is 0. The van der Waals surface area contributed by atoms with E-state index < -0.39 is 5.79 Å². The van der Waals surface area contributed by atoms with E-state index in [0.717, 1.165) is 10.9 Å². The average molecular weight is 507 g/mol. The molecule has 0 radical (unpaired) electrons. The molecule has 0 saturated carbocycles. The molecule has 0 atom stereocenters. The first kappa shape index (κ1) is 21.7. The van der Waals surface area contributed by atoms with Crippen LogP contribution >= 0.6 is 23.2 Å². The molecular weight excluding hydrogens is 491 g/mol. The highest BCUT2D eigenvalue weighted by molar-refractivity contribution is 6.35. The van der Waals surface area contributed by atoms with E-state index in [-0.39, 0.29) is 17.0 Å². The molecule has 174 valence electrons. The molecule has 0 saturated heterocycles. The van der Waals surface area contributed by atoms with Crippen molar-refractivity contribution in [1.29, 1.82) is 0 Å². The SMILES string of the molecule is OC(O)(c1ccc2ncc(Cl)cc2c1)c1nc2ncnc(NCc3cnc4[nH]cc(Cl)c4c3)c2[nH]1. The molecule has 0 aliphatic rings. The van der Waals surface area contributed by atoms with Gasteiger partial charge in [-0.15, -0.1) is 0 Å². The van der Waals surface area contributed by atoms with Gasteiger partial charge in [0, 0.05) is 41.5 Å². The number of pyridine rings is 2. The second-order valence-corrected chi connectivity index (χ2v) is 8.81. The third kappa shape index (κ3) is 3.82. The summed E-state index contributed by atoms with van der Waals surface area (Å²) in [4.78, 5) is 27.3. The maximum atomic E-state index is 11.0. The molecule has 5 N–H and O–H groups in total. The minimum Gasteiger partial charge on any atom is -0.364 e. The summed E-state index contributed by atoms with van der Waals surface area (Å²) < 4.78 is 0. The second kappa shape index (κ2) is 8.14. The van der Waals surface area contributed by atoms with Crippen molar-refractivity contribution < 1.29 is 10.2 Å². The fourth-order valence-corrected chi connectivity index (χ4v) is 4.25. The summed E-state index contributed by atoms with van der Waals surface area (Å²) in [6, 6.07) is 8.47. The molecule has 12 heteroatoms. The van der Waals surface area contributed by atoms with E-state index >= 15 is 0 Å². The number of aromatic amines is 2. The van der Waals surface area contributed by atoms with Crippen LogP contribution < -0.4 is 5.32 Å². The highest BCUT2D eigenvalue weighted by Gasteiger charge is 2.33. The van der Waals surface area contributed by atoms with E-state index in [1.54, 1.807) is 36.7 Å². The summed E-state index contributed by atoms with van der Waals surface area (Å²) in [5.41, 5.74) is 3.15. The Morgan fingerprint density at radius 2 is 1.89 bits per heavy atom. The van der Waals surface area contributed by atoms with Crippen LogP contribution in [-0.2, 0) is 12.3 Å². The second-order valence-electron chi connectivity index (χ2n) is 7.97. The quantitative estimate of drug-likeness (QED) is 0.221. The molecule has 1 aromatic carbocycles. The third-order valence-electron chi connectivity index (χ3n) is 5.67. The number of fused-ring (bicyclic) bond motifs is 3. The minimum absolute atomic E-state index is 0.104. The minimum atomic E-state index is -2.42. The van der Waals surface area contributed by atoms with Gasteiger partial charge in [0.15, 0.2) is 17.3 Å². The zero-order chi connectivity index (χ0) is 24.2. The van der Waals surface area contributed by atoms with Gasteiger partial charge in [-0.05, 0) is 29.8 Å². The van der Waals surface area contributed by atoms with Gasteiger partial charge in [-0.25, -0.2) is 19.9 Å². The smallest absolute Gasteiger partial charge is 0.251 e. The molecule has 0 amide bonds. The molecule has 0 aliphatic heterocycles. The monoisotopic (exact) mass is 506 g/mol. The van der Waals surface area contributed by atoms with Gasteiger partial charge < -0.3 is 25.5 Å². The topological polar surface area (TPSA) is 149 Å². The Morgan fingerprint density at radius 1 is 1.00 bits per heavy atom. The molecule has 10 nitrogen and oxygen atoms in total. The molecule has 35 heavy (non-hydrogen) atoms. The molecule has 5 aromatic heterocycles. The van der Waals surface area contributed by atoms with Crippen molar-refractivity contribution >= 4 is 62.1 Å². The van der Waals surface area contributed by atoms with E-state index in [0.29, 0.717) is 44.5 Å². The summed E-state index contributed by atoms with van der Waals surface area (Å²) in [6.07, 6.45) is 6.29. The standard InChI is InChI=1S/C23H16Cl2N8O2/c24-14-5-12-4-13(1-2-17(12)26-8-14)23(34,35)22-32-18-20(30-10-31-21(18)33-22)28-7-11-3-15-16(25)9-29-19(15)27-6-11/h1-6,8-10,34-35H,7H2,(H,27,29)(H2,28,30,31,32,33). The summed E-state index contributed by atoms with van der Waals surface area (Å²) in [6.45, 7) is 0.396. The van der Waals surface area contributed by atoms with Gasteiger partial charge >= 0.3 is 0 Å². The van der Waals surface area contributed by atoms with Crippen LogP contribution in [0.1, 0.15) is 17.0 Å². The lowest BCUT2D eigenvalue weighted by Crippen LogP contribution is -2.28. The van der Waals surface area contributed by atoms with Gasteiger partial charge in [0.25, 0.3) is 5.79 Å². The number of H-pyrrole nitrogens is 2. The first-order chi connectivity index (χ1) is 16.9. The lowest BCUT2D eigenvalue weighted by atomic mass is 10.0. The number of hydrogen-bond donors (Lipinski definition) is 5.